The highest BCUT2D eigenvalue weighted by molar-refractivity contribution is 7.89. The van der Waals surface area contributed by atoms with Gasteiger partial charge in [0.25, 0.3) is 0 Å². The van der Waals surface area contributed by atoms with Crippen LogP contribution in [0.3, 0.4) is 0 Å². The van der Waals surface area contributed by atoms with Gasteiger partial charge in [-0.15, -0.1) is 0 Å². The summed E-state index contributed by atoms with van der Waals surface area (Å²) in [6, 6.07) is 5.51. The minimum Gasteiger partial charge on any atom is -0.480 e. The normalized spacial score (nSPS) is 16.6. The van der Waals surface area contributed by atoms with Crippen molar-refractivity contribution in [2.75, 3.05) is 32.0 Å². The number of carboxylic acids is 1. The van der Waals surface area contributed by atoms with Gasteiger partial charge in [0.2, 0.25) is 15.9 Å². The lowest BCUT2D eigenvalue weighted by Crippen LogP contribution is -2.37. The highest BCUT2D eigenvalue weighted by atomic mass is 32.2. The molecule has 1 saturated heterocycles. The molecule has 0 spiro atoms. The predicted molar refractivity (Wildman–Crippen MR) is 97.4 cm³/mol. The number of carbonyl (C=O) groups is 2. The van der Waals surface area contributed by atoms with Crippen molar-refractivity contribution >= 4 is 27.6 Å². The summed E-state index contributed by atoms with van der Waals surface area (Å²) in [6.45, 7) is 2.87. The van der Waals surface area contributed by atoms with E-state index in [4.69, 9.17) is 5.11 Å². The van der Waals surface area contributed by atoms with Crippen LogP contribution >= 0.6 is 0 Å². The number of nitrogens with one attached hydrogen (secondary N) is 1. The second-order valence-electron chi connectivity index (χ2n) is 6.43. The Balaban J connectivity index is 1.98. The zero-order chi connectivity index (χ0) is 19.3. The number of aliphatic carboxylic acids is 1. The molecule has 1 atom stereocenters. The molecule has 0 bridgehead atoms. The summed E-state index contributed by atoms with van der Waals surface area (Å²) in [7, 11) is -1.90. The molecule has 1 amide bonds. The largest absolute Gasteiger partial charge is 0.480 e. The molecule has 9 heteroatoms. The Labute approximate surface area is 153 Å². The third-order valence-electron chi connectivity index (χ3n) is 4.53. The number of hydrogen-bond donors (Lipinski definition) is 2. The van der Waals surface area contributed by atoms with Gasteiger partial charge in [-0.05, 0) is 45.0 Å². The lowest BCUT2D eigenvalue weighted by atomic mass is 10.2. The predicted octanol–water partition coefficient (Wildman–Crippen LogP) is 1.20. The maximum Gasteiger partial charge on any atom is 0.320 e. The van der Waals surface area contributed by atoms with E-state index in [1.54, 1.807) is 31.0 Å². The zero-order valence-corrected chi connectivity index (χ0v) is 15.8. The van der Waals surface area contributed by atoms with Crippen molar-refractivity contribution in [3.8, 4) is 0 Å². The molecule has 1 fully saturated rings. The number of amides is 1. The first kappa shape index (κ1) is 20.3. The molecule has 1 unspecified atom stereocenters. The minimum absolute atomic E-state index is 0.108. The fourth-order valence-corrected chi connectivity index (χ4v) is 4.26. The van der Waals surface area contributed by atoms with Crippen LogP contribution in [0.15, 0.2) is 29.2 Å². The van der Waals surface area contributed by atoms with Gasteiger partial charge in [0, 0.05) is 31.7 Å². The van der Waals surface area contributed by atoms with Gasteiger partial charge in [0.1, 0.15) is 6.04 Å². The molecule has 1 heterocycles. The van der Waals surface area contributed by atoms with Gasteiger partial charge >= 0.3 is 5.97 Å². The second kappa shape index (κ2) is 8.61. The number of nitrogens with zero attached hydrogens (tertiary/aromatic N) is 2. The highest BCUT2D eigenvalue weighted by Gasteiger charge is 2.27. The minimum atomic E-state index is -3.53. The third kappa shape index (κ3) is 5.03. The SMILES string of the molecule is CC(C(=O)O)N(C)CCC(=O)Nc1cccc(S(=O)(=O)N2CCCC2)c1. The Morgan fingerprint density at radius 1 is 1.31 bits per heavy atom. The van der Waals surface area contributed by atoms with E-state index < -0.39 is 22.0 Å². The van der Waals surface area contributed by atoms with Gasteiger partial charge in [-0.2, -0.15) is 4.31 Å². The second-order valence-corrected chi connectivity index (χ2v) is 8.37. The summed E-state index contributed by atoms with van der Waals surface area (Å²) in [5, 5.41) is 11.6. The van der Waals surface area contributed by atoms with Gasteiger partial charge in [-0.25, -0.2) is 8.42 Å². The summed E-state index contributed by atoms with van der Waals surface area (Å²) in [5.74, 6) is -1.25. The van der Waals surface area contributed by atoms with Crippen molar-refractivity contribution in [3.63, 3.8) is 0 Å². The molecule has 144 valence electrons. The van der Waals surface area contributed by atoms with Gasteiger partial charge in [0.15, 0.2) is 0 Å². The van der Waals surface area contributed by atoms with Gasteiger partial charge in [-0.1, -0.05) is 6.07 Å². The van der Waals surface area contributed by atoms with Crippen molar-refractivity contribution in [1.82, 2.24) is 9.21 Å². The third-order valence-corrected chi connectivity index (χ3v) is 6.43. The van der Waals surface area contributed by atoms with Gasteiger partial charge in [0.05, 0.1) is 4.90 Å². The van der Waals surface area contributed by atoms with E-state index in [1.165, 1.54) is 16.4 Å². The number of carboxylic acid groups (broad SMARTS) is 1. The standard InChI is InChI=1S/C17H25N3O5S/c1-13(17(22)23)19(2)11-8-16(21)18-14-6-5-7-15(12-14)26(24,25)20-9-3-4-10-20/h5-7,12-13H,3-4,8-11H2,1-2H3,(H,18,21)(H,22,23). The summed E-state index contributed by atoms with van der Waals surface area (Å²) < 4.78 is 26.6. The lowest BCUT2D eigenvalue weighted by molar-refractivity contribution is -0.142. The van der Waals surface area contributed by atoms with Crippen LogP contribution in [0.25, 0.3) is 0 Å². The van der Waals surface area contributed by atoms with Crippen molar-refractivity contribution in [2.24, 2.45) is 0 Å². The lowest BCUT2D eigenvalue weighted by Gasteiger charge is -2.20. The van der Waals surface area contributed by atoms with E-state index in [9.17, 15) is 18.0 Å². The molecular weight excluding hydrogens is 358 g/mol. The Morgan fingerprint density at radius 2 is 1.96 bits per heavy atom. The molecule has 0 aliphatic carbocycles. The monoisotopic (exact) mass is 383 g/mol. The number of rotatable bonds is 8. The van der Waals surface area contributed by atoms with Crippen LogP contribution < -0.4 is 5.32 Å². The molecule has 26 heavy (non-hydrogen) atoms. The van der Waals surface area contributed by atoms with Crippen molar-refractivity contribution in [3.05, 3.63) is 24.3 Å². The average Bonchev–Trinajstić information content (AvgIpc) is 3.14. The summed E-state index contributed by atoms with van der Waals surface area (Å²) in [5.41, 5.74) is 0.407. The maximum atomic E-state index is 12.6. The van der Waals surface area contributed by atoms with Gasteiger partial charge in [-0.3, -0.25) is 14.5 Å². The number of anilines is 1. The molecule has 8 nitrogen and oxygen atoms in total. The smallest absolute Gasteiger partial charge is 0.320 e. The van der Waals surface area contributed by atoms with Crippen LogP contribution in [0.2, 0.25) is 0 Å². The molecule has 0 radical (unpaired) electrons. The molecule has 0 saturated carbocycles. The molecule has 1 aromatic carbocycles. The number of sulfonamides is 1. The topological polar surface area (TPSA) is 107 Å². The summed E-state index contributed by atoms with van der Waals surface area (Å²) >= 11 is 0. The van der Waals surface area contributed by atoms with Crippen LogP contribution in [0.4, 0.5) is 5.69 Å². The number of likely N-dealkylation sites (N-methyl/N-ethyl adjacent to an activating group) is 1. The van der Waals surface area contributed by atoms with Crippen LogP contribution in [-0.4, -0.2) is 67.3 Å². The highest BCUT2D eigenvalue weighted by Crippen LogP contribution is 2.23. The molecule has 1 aromatic rings. The van der Waals surface area contributed by atoms with E-state index in [0.29, 0.717) is 18.8 Å². The Bertz CT molecular complexity index is 759. The van der Waals surface area contributed by atoms with E-state index in [-0.39, 0.29) is 23.8 Å². The number of carbonyl (C=O) groups excluding carboxylic acids is 1. The molecule has 0 aromatic heterocycles. The molecule has 1 aliphatic heterocycles. The molecular formula is C17H25N3O5S. The molecule has 1 aliphatic rings. The van der Waals surface area contributed by atoms with Crippen LogP contribution in [-0.2, 0) is 19.6 Å². The average molecular weight is 383 g/mol. The van der Waals surface area contributed by atoms with E-state index >= 15 is 0 Å². The Hall–Kier alpha value is -1.97. The van der Waals surface area contributed by atoms with Crippen LogP contribution in [0, 0.1) is 0 Å². The van der Waals surface area contributed by atoms with Gasteiger partial charge < -0.3 is 10.4 Å². The fourth-order valence-electron chi connectivity index (χ4n) is 2.70. The number of hydrogen-bond acceptors (Lipinski definition) is 5. The Morgan fingerprint density at radius 3 is 2.58 bits per heavy atom. The van der Waals surface area contributed by atoms with E-state index in [1.807, 2.05) is 0 Å². The summed E-state index contributed by atoms with van der Waals surface area (Å²) in [6.07, 6.45) is 1.83. The first-order valence-electron chi connectivity index (χ1n) is 8.55. The van der Waals surface area contributed by atoms with E-state index in [2.05, 4.69) is 5.32 Å². The van der Waals surface area contributed by atoms with Crippen molar-refractivity contribution < 1.29 is 23.1 Å². The Kier molecular flexibility index (Phi) is 6.74. The quantitative estimate of drug-likeness (QED) is 0.699. The number of benzene rings is 1. The molecule has 2 N–H and O–H groups in total. The fraction of sp³-hybridized carbons (Fsp3) is 0.529. The zero-order valence-electron chi connectivity index (χ0n) is 15.0. The molecule has 2 rings (SSSR count). The first-order chi connectivity index (χ1) is 12.2. The summed E-state index contributed by atoms with van der Waals surface area (Å²) in [4.78, 5) is 24.7. The van der Waals surface area contributed by atoms with Crippen molar-refractivity contribution in [1.29, 1.82) is 0 Å². The first-order valence-corrected chi connectivity index (χ1v) is 9.99. The maximum absolute atomic E-state index is 12.6. The van der Waals surface area contributed by atoms with Crippen molar-refractivity contribution in [2.45, 2.75) is 37.1 Å². The van der Waals surface area contributed by atoms with Crippen LogP contribution in [0.1, 0.15) is 26.2 Å². The van der Waals surface area contributed by atoms with E-state index in [0.717, 1.165) is 12.8 Å². The van der Waals surface area contributed by atoms with Crippen LogP contribution in [0.5, 0.6) is 0 Å².